The molecule has 0 unspecified atom stereocenters. The summed E-state index contributed by atoms with van der Waals surface area (Å²) in [5.41, 5.74) is 11.4. The third-order valence-corrected chi connectivity index (χ3v) is 15.2. The molecule has 131 heavy (non-hydrogen) atoms. The van der Waals surface area contributed by atoms with Crippen LogP contribution in [-0.2, 0) is 14.2 Å². The van der Waals surface area contributed by atoms with E-state index in [1.165, 1.54) is 183 Å². The number of aromatic nitrogens is 12. The lowest BCUT2D eigenvalue weighted by Crippen LogP contribution is -2.30. The number of amides is 1. The average molecular weight is 1840 g/mol. The fourth-order valence-electron chi connectivity index (χ4n) is 9.10. The largest absolute Gasteiger partial charge is 0.495 e. The number of nitrogens with two attached hydrogens (primary N) is 3. The highest BCUT2D eigenvalue weighted by Crippen LogP contribution is 2.22. The molecule has 0 radical (unpaired) electrons. The first-order valence-corrected chi connectivity index (χ1v) is 35.9. The number of carboxylic acids is 1. The maximum absolute atomic E-state index is 14.1. The van der Waals surface area contributed by atoms with Crippen LogP contribution in [0.1, 0.15) is 51.8 Å². The summed E-state index contributed by atoms with van der Waals surface area (Å²) >= 11 is 0. The molecule has 1 amide bonds. The summed E-state index contributed by atoms with van der Waals surface area (Å²) in [6, 6.07) is 26.4. The van der Waals surface area contributed by atoms with E-state index < -0.39 is 125 Å². The number of nitrogens with zero attached hydrogens (tertiary/aromatic N) is 14. The highest BCUT2D eigenvalue weighted by Gasteiger charge is 2.22. The summed E-state index contributed by atoms with van der Waals surface area (Å²) in [7, 11) is 11.0. The van der Waals surface area contributed by atoms with Gasteiger partial charge in [-0.1, -0.05) is 0 Å². The number of methoxy groups -OCH3 is 8. The second-order valence-corrected chi connectivity index (χ2v) is 25.0. The maximum Gasteiger partial charge on any atom is 0.412 e. The highest BCUT2D eigenvalue weighted by molar-refractivity contribution is 5.89. The van der Waals surface area contributed by atoms with E-state index in [1.807, 2.05) is 0 Å². The zero-order chi connectivity index (χ0) is 97.5. The van der Waals surface area contributed by atoms with E-state index in [-0.39, 0.29) is 68.6 Å². The minimum atomic E-state index is -1.27. The Morgan fingerprint density at radius 3 is 1.19 bits per heavy atom. The first-order valence-electron chi connectivity index (χ1n) is 35.9. The summed E-state index contributed by atoms with van der Waals surface area (Å²) < 4.78 is 153. The smallest absolute Gasteiger partial charge is 0.412 e. The molecule has 50 heteroatoms. The number of carbonyl (C=O) groups excluding carboxylic acids is 3. The molecular weight excluding hydrogens is 1760 g/mol. The Balaban J connectivity index is 0.000000265. The Bertz CT molecular complexity index is 6470. The van der Waals surface area contributed by atoms with Crippen molar-refractivity contribution in [2.24, 2.45) is 0 Å². The normalized spacial score (nSPS) is 10.0. The van der Waals surface area contributed by atoms with Crippen molar-refractivity contribution in [3.8, 4) is 57.8 Å². The maximum atomic E-state index is 14.1. The number of carbonyl (C=O) groups is 4. The molecule has 0 aromatic carbocycles. The van der Waals surface area contributed by atoms with Crippen molar-refractivity contribution in [2.75, 3.05) is 79.4 Å². The quantitative estimate of drug-likeness (QED) is 0.0197. The number of esters is 2. The first kappa shape index (κ1) is 104. The number of nitrogens with one attached hydrogen (secondary N) is 1. The number of nitro groups is 2. The molecule has 0 bridgehead atoms. The van der Waals surface area contributed by atoms with Gasteiger partial charge in [0, 0.05) is 61.2 Å². The number of nitrogen functional groups attached to an aromatic ring is 3. The molecule has 0 aliphatic heterocycles. The van der Waals surface area contributed by atoms with Gasteiger partial charge in [-0.25, -0.2) is 80.2 Å². The number of anilines is 4. The van der Waals surface area contributed by atoms with Crippen molar-refractivity contribution in [2.45, 2.75) is 26.4 Å². The van der Waals surface area contributed by atoms with Gasteiger partial charge >= 0.3 is 41.3 Å². The van der Waals surface area contributed by atoms with E-state index in [0.717, 1.165) is 39.7 Å². The third-order valence-electron chi connectivity index (χ3n) is 15.2. The summed E-state index contributed by atoms with van der Waals surface area (Å²) in [4.78, 5) is 151. The standard InChI is InChI=1S/C16H18FN3O4.C13H12N2O4.C12H10N2O4.C11H10FN3O2.C7H6O4.C6H5FN2O3.C6H7FN2O.C5H2F2N2O2.C5H4F2N2/c1-16(2,3)24-15(22)19-12-6-5-7-20(14(12)21)13-11(17)8-10(23-4)9-18-13;1-18-9-5-6-11(14-8-9)15-7-3-4-10(12(15)16)13(17)19-2;1-18-8-4-5-10(13-7-8)14-6-2-3-9(11(14)15)12(16)17;1-17-7-5-8(12)10(14-6-7)15-4-2-3-9(13)11(15)16;1-10-6(8)5-3-2-4-11-7(5)9;1-12-4-2-5(7)6(8-3-4)9(10)11;1-10-4-2-5(7)6(8)9-3-4;6-3-1-4(7)5(8-2-3)9(10)11;6-3-1-4(7)5(8)9-2-3/h5-9H,1-4H3,(H,19,22);3-8H,1-2H3;2-7H,1H3,(H,16,17);2-6H,13H2,1H3;2-4H,1H3;2-3H,1H3;2-3H,1H3,(H2,8,9);1-2H;1-2H,(H2,8,9). The van der Waals surface area contributed by atoms with Gasteiger partial charge in [0.05, 0.1) is 106 Å². The molecule has 8 N–H and O–H groups in total. The molecule has 0 spiro atoms. The van der Waals surface area contributed by atoms with E-state index in [1.54, 1.807) is 57.2 Å². The molecule has 0 aliphatic carbocycles. The van der Waals surface area contributed by atoms with Crippen molar-refractivity contribution < 1.29 is 116 Å². The molecule has 0 fully saturated rings. The number of halogens is 8. The highest BCUT2D eigenvalue weighted by atomic mass is 19.2. The average Bonchev–Trinajstić information content (AvgIpc) is 0.814. The minimum Gasteiger partial charge on any atom is -0.495 e. The predicted molar refractivity (Wildman–Crippen MR) is 446 cm³/mol. The Morgan fingerprint density at radius 2 is 0.786 bits per heavy atom. The lowest BCUT2D eigenvalue weighted by atomic mass is 10.2. The Labute approximate surface area is 731 Å². The molecule has 13 heterocycles. The van der Waals surface area contributed by atoms with Crippen LogP contribution in [0.5, 0.6) is 34.5 Å². The Morgan fingerprint density at radius 1 is 0.420 bits per heavy atom. The summed E-state index contributed by atoms with van der Waals surface area (Å²) in [5.74, 6) is -8.87. The number of carboxylic acid groups (broad SMARTS) is 1. The molecule has 42 nitrogen and oxygen atoms in total. The molecule has 688 valence electrons. The van der Waals surface area contributed by atoms with Crippen LogP contribution < -0.4 is 78.8 Å². The van der Waals surface area contributed by atoms with E-state index >= 15 is 0 Å². The monoisotopic (exact) mass is 1830 g/mol. The van der Waals surface area contributed by atoms with E-state index in [2.05, 4.69) is 63.8 Å². The van der Waals surface area contributed by atoms with E-state index in [0.29, 0.717) is 47.2 Å². The lowest BCUT2D eigenvalue weighted by molar-refractivity contribution is -0.392. The van der Waals surface area contributed by atoms with Gasteiger partial charge in [0.2, 0.25) is 11.6 Å². The van der Waals surface area contributed by atoms with Crippen LogP contribution in [0.15, 0.2) is 230 Å². The number of ether oxygens (including phenoxy) is 9. The third kappa shape index (κ3) is 31.4. The van der Waals surface area contributed by atoms with Gasteiger partial charge in [-0.05, 0) is 126 Å². The van der Waals surface area contributed by atoms with Crippen molar-refractivity contribution in [1.29, 1.82) is 0 Å². The van der Waals surface area contributed by atoms with Gasteiger partial charge in [0.1, 0.15) is 74.2 Å². The fourth-order valence-corrected chi connectivity index (χ4v) is 9.10. The van der Waals surface area contributed by atoms with Crippen LogP contribution in [0.3, 0.4) is 0 Å². The van der Waals surface area contributed by atoms with Gasteiger partial charge in [0.15, 0.2) is 70.5 Å². The van der Waals surface area contributed by atoms with Gasteiger partial charge in [-0.15, -0.1) is 0 Å². The number of hydrogen-bond donors (Lipinski definition) is 5. The zero-order valence-electron chi connectivity index (χ0n) is 69.9. The first-order chi connectivity index (χ1) is 62.1. The van der Waals surface area contributed by atoms with Crippen molar-refractivity contribution in [3.05, 3.63) is 337 Å². The Kier molecular flexibility index (Phi) is 39.7. The van der Waals surface area contributed by atoms with Gasteiger partial charge in [0.25, 0.3) is 22.2 Å². The van der Waals surface area contributed by atoms with Gasteiger partial charge < -0.3 is 89.6 Å². The summed E-state index contributed by atoms with van der Waals surface area (Å²) in [6.45, 7) is 5.10. The Hall–Kier alpha value is -17.9. The predicted octanol–water partition coefficient (Wildman–Crippen LogP) is 10.2. The number of aromatic carboxylic acids is 1. The van der Waals surface area contributed by atoms with Gasteiger partial charge in [-0.3, -0.25) is 42.8 Å². The molecule has 0 saturated heterocycles. The van der Waals surface area contributed by atoms with Crippen molar-refractivity contribution in [3.63, 3.8) is 0 Å². The summed E-state index contributed by atoms with van der Waals surface area (Å²) in [5, 5.41) is 31.2. The molecular formula is C81H74F8N18O24. The summed E-state index contributed by atoms with van der Waals surface area (Å²) in [6.07, 6.45) is 15.6. The van der Waals surface area contributed by atoms with Crippen LogP contribution in [0.25, 0.3) is 23.3 Å². The molecule has 0 saturated carbocycles. The van der Waals surface area contributed by atoms with E-state index in [9.17, 15) is 98.5 Å². The number of rotatable bonds is 16. The van der Waals surface area contributed by atoms with Crippen molar-refractivity contribution in [1.82, 2.24) is 58.1 Å². The molecule has 0 aliphatic rings. The molecule has 13 aromatic heterocycles. The second kappa shape index (κ2) is 50.1. The molecule has 0 atom stereocenters. The SMILES string of the molecule is COC(=O)c1cccn(-c2ccc(OC)cn2)c1=O.COC(=O)c1cccoc1=O.COc1ccc(-n2cccc(C(=O)O)c2=O)nc1.COc1cnc(-n2cccc(N)c2=O)c(F)c1.COc1cnc(-n2cccc(NC(=O)OC(C)(C)C)c2=O)c(F)c1.COc1cnc(N)c(F)c1.COc1cnc([N+](=O)[O-])c(F)c1.Nc1ncc(F)cc1F.O=[N+]([O-])c1ncc(F)cc1F. The zero-order valence-corrected chi connectivity index (χ0v) is 69.9. The lowest BCUT2D eigenvalue weighted by Gasteiger charge is -2.19. The van der Waals surface area contributed by atoms with E-state index in [4.69, 9.17) is 50.7 Å². The fraction of sp³-hybridized carbons (Fsp3) is 0.148. The van der Waals surface area contributed by atoms with Crippen LogP contribution in [0, 0.1) is 66.8 Å². The van der Waals surface area contributed by atoms with Crippen molar-refractivity contribution >= 4 is 58.6 Å². The topological polar surface area (TPSA) is 569 Å². The molecule has 13 rings (SSSR count). The van der Waals surface area contributed by atoms with Gasteiger partial charge in [-0.2, -0.15) is 8.78 Å². The van der Waals surface area contributed by atoms with Crippen LogP contribution >= 0.6 is 0 Å². The second-order valence-electron chi connectivity index (χ2n) is 25.0. The van der Waals surface area contributed by atoms with Crippen LogP contribution in [0.2, 0.25) is 0 Å². The van der Waals surface area contributed by atoms with Crippen LogP contribution in [0.4, 0.5) is 74.6 Å². The van der Waals surface area contributed by atoms with Crippen LogP contribution in [-0.4, -0.2) is 160 Å². The number of hydrogen-bond acceptors (Lipinski definition) is 34. The number of pyridine rings is 12. The minimum absolute atomic E-state index is 0.0320. The molecule has 13 aromatic rings.